The van der Waals surface area contributed by atoms with Crippen LogP contribution in [0.4, 0.5) is 0 Å². The molecule has 0 saturated heterocycles. The van der Waals surface area contributed by atoms with Crippen molar-refractivity contribution in [2.24, 2.45) is 5.73 Å². The molecular formula is C8H7ClN2O2. The maximum atomic E-state index is 10.5. The Labute approximate surface area is 79.4 Å². The maximum Gasteiger partial charge on any atom is 0.335 e. The van der Waals surface area contributed by atoms with E-state index in [1.807, 2.05) is 0 Å². The van der Waals surface area contributed by atoms with E-state index in [9.17, 15) is 4.79 Å². The summed E-state index contributed by atoms with van der Waals surface area (Å²) in [6, 6.07) is 4.03. The van der Waals surface area contributed by atoms with Crippen LogP contribution >= 0.6 is 11.6 Å². The van der Waals surface area contributed by atoms with Crippen molar-refractivity contribution in [3.63, 3.8) is 0 Å². The Balaban J connectivity index is 3.27. The van der Waals surface area contributed by atoms with E-state index in [4.69, 9.17) is 27.9 Å². The number of nitrogen functional groups attached to an aromatic ring is 1. The van der Waals surface area contributed by atoms with Crippen LogP contribution in [0, 0.1) is 5.41 Å². The Hall–Kier alpha value is -1.55. The van der Waals surface area contributed by atoms with Gasteiger partial charge in [0.05, 0.1) is 10.6 Å². The lowest BCUT2D eigenvalue weighted by Gasteiger charge is -2.02. The fourth-order valence-corrected chi connectivity index (χ4v) is 1.08. The number of nitrogens with two attached hydrogens (primary N) is 1. The molecule has 0 atom stereocenters. The van der Waals surface area contributed by atoms with Gasteiger partial charge in [-0.3, -0.25) is 5.41 Å². The van der Waals surface area contributed by atoms with E-state index in [2.05, 4.69) is 0 Å². The van der Waals surface area contributed by atoms with Crippen LogP contribution in [-0.4, -0.2) is 16.9 Å². The van der Waals surface area contributed by atoms with Crippen LogP contribution in [0.15, 0.2) is 18.2 Å². The number of rotatable bonds is 2. The van der Waals surface area contributed by atoms with E-state index in [0.717, 1.165) is 0 Å². The van der Waals surface area contributed by atoms with Crippen LogP contribution < -0.4 is 5.73 Å². The van der Waals surface area contributed by atoms with E-state index in [0.29, 0.717) is 0 Å². The van der Waals surface area contributed by atoms with Crippen LogP contribution in [0.3, 0.4) is 0 Å². The molecule has 5 heteroatoms. The lowest BCUT2D eigenvalue weighted by Crippen LogP contribution is -2.12. The first-order chi connectivity index (χ1) is 6.02. The van der Waals surface area contributed by atoms with Crippen LogP contribution in [-0.2, 0) is 0 Å². The van der Waals surface area contributed by atoms with Crippen molar-refractivity contribution in [1.29, 1.82) is 5.41 Å². The van der Waals surface area contributed by atoms with E-state index < -0.39 is 5.97 Å². The number of amidine groups is 1. The summed E-state index contributed by atoms with van der Waals surface area (Å²) < 4.78 is 0. The predicted molar refractivity (Wildman–Crippen MR) is 49.4 cm³/mol. The molecule has 1 aromatic rings. The third kappa shape index (κ3) is 1.97. The minimum absolute atomic E-state index is 0.0644. The first-order valence-electron chi connectivity index (χ1n) is 3.39. The molecule has 0 aliphatic carbocycles. The molecule has 1 rings (SSSR count). The Morgan fingerprint density at radius 1 is 1.54 bits per heavy atom. The Kier molecular flexibility index (Phi) is 2.53. The molecule has 0 fully saturated rings. The lowest BCUT2D eigenvalue weighted by atomic mass is 10.1. The minimum Gasteiger partial charge on any atom is -0.478 e. The predicted octanol–water partition coefficient (Wildman–Crippen LogP) is 1.32. The topological polar surface area (TPSA) is 87.2 Å². The summed E-state index contributed by atoms with van der Waals surface area (Å²) in [5.41, 5.74) is 5.49. The molecule has 0 saturated carbocycles. The van der Waals surface area contributed by atoms with E-state index in [1.54, 1.807) is 0 Å². The summed E-state index contributed by atoms with van der Waals surface area (Å²) in [5, 5.41) is 16.0. The lowest BCUT2D eigenvalue weighted by molar-refractivity contribution is 0.0697. The van der Waals surface area contributed by atoms with Gasteiger partial charge < -0.3 is 10.8 Å². The molecule has 0 heterocycles. The molecule has 0 aliphatic heterocycles. The van der Waals surface area contributed by atoms with Gasteiger partial charge in [-0.05, 0) is 18.2 Å². The van der Waals surface area contributed by atoms with E-state index >= 15 is 0 Å². The molecule has 0 bridgehead atoms. The quantitative estimate of drug-likeness (QED) is 0.495. The third-order valence-corrected chi connectivity index (χ3v) is 1.83. The van der Waals surface area contributed by atoms with Crippen molar-refractivity contribution in [3.8, 4) is 0 Å². The molecule has 0 unspecified atom stereocenters. The first kappa shape index (κ1) is 9.54. The zero-order valence-corrected chi connectivity index (χ0v) is 7.30. The fourth-order valence-electron chi connectivity index (χ4n) is 0.865. The number of hydrogen-bond donors (Lipinski definition) is 3. The van der Waals surface area contributed by atoms with Crippen molar-refractivity contribution in [1.82, 2.24) is 0 Å². The molecule has 0 amide bonds. The largest absolute Gasteiger partial charge is 0.478 e. The highest BCUT2D eigenvalue weighted by Gasteiger charge is 2.08. The summed E-state index contributed by atoms with van der Waals surface area (Å²) in [7, 11) is 0. The monoisotopic (exact) mass is 198 g/mol. The number of halogens is 1. The van der Waals surface area contributed by atoms with E-state index in [-0.39, 0.29) is 22.0 Å². The van der Waals surface area contributed by atoms with Crippen molar-refractivity contribution < 1.29 is 9.90 Å². The molecule has 0 aromatic heterocycles. The molecule has 4 N–H and O–H groups in total. The summed E-state index contributed by atoms with van der Waals surface area (Å²) in [6.07, 6.45) is 0. The third-order valence-electron chi connectivity index (χ3n) is 1.50. The van der Waals surface area contributed by atoms with Crippen molar-refractivity contribution in [2.75, 3.05) is 0 Å². The highest BCUT2D eigenvalue weighted by molar-refractivity contribution is 6.34. The number of carboxylic acids is 1. The van der Waals surface area contributed by atoms with Gasteiger partial charge in [0.25, 0.3) is 0 Å². The highest BCUT2D eigenvalue weighted by Crippen LogP contribution is 2.16. The van der Waals surface area contributed by atoms with Gasteiger partial charge in [0.2, 0.25) is 0 Å². The van der Waals surface area contributed by atoms with Gasteiger partial charge in [-0.2, -0.15) is 0 Å². The Morgan fingerprint density at radius 2 is 2.15 bits per heavy atom. The molecule has 0 aliphatic rings. The van der Waals surface area contributed by atoms with Gasteiger partial charge in [-0.15, -0.1) is 0 Å². The summed E-state index contributed by atoms with van der Waals surface area (Å²) >= 11 is 5.68. The minimum atomic E-state index is -1.07. The molecule has 0 spiro atoms. The zero-order chi connectivity index (χ0) is 10.0. The molecule has 4 nitrogen and oxygen atoms in total. The van der Waals surface area contributed by atoms with Gasteiger partial charge in [0.15, 0.2) is 0 Å². The van der Waals surface area contributed by atoms with Crippen LogP contribution in [0.25, 0.3) is 0 Å². The average molecular weight is 199 g/mol. The van der Waals surface area contributed by atoms with Gasteiger partial charge >= 0.3 is 5.97 Å². The van der Waals surface area contributed by atoms with Crippen molar-refractivity contribution in [3.05, 3.63) is 34.3 Å². The second-order valence-corrected chi connectivity index (χ2v) is 2.82. The molecular weight excluding hydrogens is 192 g/mol. The zero-order valence-electron chi connectivity index (χ0n) is 6.54. The molecule has 68 valence electrons. The first-order valence-corrected chi connectivity index (χ1v) is 3.77. The van der Waals surface area contributed by atoms with Gasteiger partial charge in [-0.25, -0.2) is 4.79 Å². The second-order valence-electron chi connectivity index (χ2n) is 2.41. The number of nitrogens with one attached hydrogen (secondary N) is 1. The van der Waals surface area contributed by atoms with Crippen molar-refractivity contribution >= 4 is 23.4 Å². The smallest absolute Gasteiger partial charge is 0.335 e. The Bertz CT molecular complexity index is 376. The number of hydrogen-bond acceptors (Lipinski definition) is 2. The summed E-state index contributed by atoms with van der Waals surface area (Å²) in [6.45, 7) is 0. The molecule has 0 radical (unpaired) electrons. The molecule has 1 aromatic carbocycles. The SMILES string of the molecule is N=C(N)c1cc(C(=O)O)ccc1Cl. The summed E-state index contributed by atoms with van der Waals surface area (Å²) in [4.78, 5) is 10.5. The summed E-state index contributed by atoms with van der Waals surface area (Å²) in [5.74, 6) is -1.31. The molecule has 13 heavy (non-hydrogen) atoms. The second kappa shape index (κ2) is 3.45. The standard InChI is InChI=1S/C8H7ClN2O2/c9-6-2-1-4(8(12)13)3-5(6)7(10)11/h1-3H,(H3,10,11)(H,12,13). The Morgan fingerprint density at radius 3 is 2.62 bits per heavy atom. The number of aromatic carboxylic acids is 1. The van der Waals surface area contributed by atoms with Crippen LogP contribution in [0.5, 0.6) is 0 Å². The van der Waals surface area contributed by atoms with Crippen LogP contribution in [0.1, 0.15) is 15.9 Å². The van der Waals surface area contributed by atoms with Gasteiger partial charge in [0, 0.05) is 5.56 Å². The average Bonchev–Trinajstić information content (AvgIpc) is 2.04. The van der Waals surface area contributed by atoms with Crippen LogP contribution in [0.2, 0.25) is 5.02 Å². The van der Waals surface area contributed by atoms with E-state index in [1.165, 1.54) is 18.2 Å². The maximum absolute atomic E-state index is 10.5. The highest BCUT2D eigenvalue weighted by atomic mass is 35.5. The number of carboxylic acid groups (broad SMARTS) is 1. The normalized spacial score (nSPS) is 9.62. The number of carbonyl (C=O) groups is 1. The van der Waals surface area contributed by atoms with Gasteiger partial charge in [-0.1, -0.05) is 11.6 Å². The van der Waals surface area contributed by atoms with Gasteiger partial charge in [0.1, 0.15) is 5.84 Å². The number of benzene rings is 1. The van der Waals surface area contributed by atoms with Crippen molar-refractivity contribution in [2.45, 2.75) is 0 Å². The fraction of sp³-hybridized carbons (Fsp3) is 0.